The van der Waals surface area contributed by atoms with Crippen LogP contribution >= 0.6 is 36.7 Å². The van der Waals surface area contributed by atoms with Crippen LogP contribution in [0.4, 0.5) is 28.4 Å². The van der Waals surface area contributed by atoms with Gasteiger partial charge in [-0.25, -0.2) is 25.3 Å². The van der Waals surface area contributed by atoms with Gasteiger partial charge in [-0.1, -0.05) is 6.07 Å². The average Bonchev–Trinajstić information content (AvgIpc) is 3.18. The van der Waals surface area contributed by atoms with Crippen molar-refractivity contribution in [2.24, 2.45) is 20.5 Å². The Labute approximate surface area is 448 Å². The van der Waals surface area contributed by atoms with Crippen LogP contribution in [0.2, 0.25) is 0 Å². The van der Waals surface area contributed by atoms with Gasteiger partial charge in [-0.2, -0.15) is 14.6 Å². The summed E-state index contributed by atoms with van der Waals surface area (Å²) < 4.78 is 107. The van der Waals surface area contributed by atoms with Crippen molar-refractivity contribution >= 4 is 106 Å². The number of rotatable bonds is 24. The molecule has 0 aliphatic heterocycles. The predicted octanol–water partition coefficient (Wildman–Crippen LogP) is -9.31. The summed E-state index contributed by atoms with van der Waals surface area (Å²) in [6.07, 6.45) is 0. The van der Waals surface area contributed by atoms with Gasteiger partial charge in [0.15, 0.2) is 50.1 Å². The molecule has 61 heavy (non-hydrogen) atoms. The minimum absolute atomic E-state index is 0. The van der Waals surface area contributed by atoms with E-state index in [9.17, 15) is 50.7 Å². The van der Waals surface area contributed by atoms with Crippen LogP contribution in [-0.4, -0.2) is 65.5 Å². The molecular formula is C27H23N5Na4O19S6. The first-order chi connectivity index (χ1) is 27.2. The van der Waals surface area contributed by atoms with Gasteiger partial charge in [-0.05, 0) is 60.7 Å². The number of sulfone groups is 2. The van der Waals surface area contributed by atoms with E-state index in [0.717, 1.165) is 6.07 Å². The number of anilines is 1. The number of nitrogens with one attached hydrogen (secondary N) is 1. The molecule has 0 aliphatic rings. The number of azo groups is 2. The zero-order valence-corrected chi connectivity index (χ0v) is 44.8. The molecule has 34 heteroatoms. The molecule has 0 heterocycles. The number of phenols is 1. The van der Waals surface area contributed by atoms with Gasteiger partial charge in [0.05, 0.1) is 68.5 Å². The molecule has 0 saturated heterocycles. The van der Waals surface area contributed by atoms with Gasteiger partial charge in [-0.3, -0.25) is 23.5 Å². The van der Waals surface area contributed by atoms with E-state index in [0.29, 0.717) is 0 Å². The maximum absolute atomic E-state index is 12.8. The first kappa shape index (κ1) is 61.4. The minimum atomic E-state index is -4.82. The third kappa shape index (κ3) is 20.0. The van der Waals surface area contributed by atoms with Crippen molar-refractivity contribution in [1.82, 2.24) is 0 Å². The fourth-order valence-corrected chi connectivity index (χ4v) is 8.03. The summed E-state index contributed by atoms with van der Waals surface area (Å²) in [5.41, 5.74) is -0.477. The number of hydrogen-bond donors (Lipinski definition) is 2. The number of fused-ring (bicyclic) bond motifs is 1. The fraction of sp³-hybridized carbons (Fsp3) is 0.185. The Morgan fingerprint density at radius 3 is 1.75 bits per heavy atom. The van der Waals surface area contributed by atoms with E-state index in [1.807, 2.05) is 0 Å². The topological polar surface area (TPSA) is 350 Å². The van der Waals surface area contributed by atoms with E-state index in [2.05, 4.69) is 53.9 Å². The molecule has 0 saturated carbocycles. The average molecular weight is 1010 g/mol. The molecule has 0 aromatic heterocycles. The standard InChI is InChI=1S/C27H27N5O19S6.4Na/c33-27-21-8-9-23(28-16-57(41,42)43)25(31-29-17-4-6-19(7-5-17)55(37,38)12-10-44-53-50-47-35)22(21)15-24(52-49-46-34)26(27)32-30-18-2-1-3-20(14-18)56(39,40)13-11-45-54-51-48-36;;;;/h1-9,14-15,28,33-36H,10-13,16H2,(H,41,42,43);;;;/q;4*+1/p-4. The van der Waals surface area contributed by atoms with E-state index >= 15 is 0 Å². The Morgan fingerprint density at radius 1 is 0.623 bits per heavy atom. The second-order valence-corrected chi connectivity index (χ2v) is 17.7. The zero-order valence-electron chi connectivity index (χ0n) is 31.9. The van der Waals surface area contributed by atoms with Gasteiger partial charge in [0.25, 0.3) is 0 Å². The first-order valence-electron chi connectivity index (χ1n) is 14.8. The van der Waals surface area contributed by atoms with Crippen molar-refractivity contribution in [3.05, 3.63) is 66.7 Å². The molecular weight excluding hydrogens is 983 g/mol. The van der Waals surface area contributed by atoms with Crippen molar-refractivity contribution in [1.29, 1.82) is 0 Å². The molecule has 0 spiro atoms. The van der Waals surface area contributed by atoms with Crippen LogP contribution in [0, 0.1) is 0 Å². The van der Waals surface area contributed by atoms with Crippen LogP contribution in [0.5, 0.6) is 5.75 Å². The van der Waals surface area contributed by atoms with Crippen LogP contribution in [0.25, 0.3) is 10.8 Å². The Bertz CT molecular complexity index is 2390. The van der Waals surface area contributed by atoms with Crippen LogP contribution in [0.3, 0.4) is 0 Å². The maximum Gasteiger partial charge on any atom is 1.00 e. The summed E-state index contributed by atoms with van der Waals surface area (Å²) in [6.45, 7) is -0.740. The van der Waals surface area contributed by atoms with E-state index in [1.165, 1.54) is 60.7 Å². The minimum Gasteiger partial charge on any atom is -0.747 e. The second-order valence-electron chi connectivity index (χ2n) is 10.3. The van der Waals surface area contributed by atoms with Crippen molar-refractivity contribution < 1.29 is 205 Å². The van der Waals surface area contributed by atoms with Gasteiger partial charge in [0, 0.05) is 10.8 Å². The molecule has 24 nitrogen and oxygen atoms in total. The first-order valence-corrected chi connectivity index (χ1v) is 21.8. The van der Waals surface area contributed by atoms with Crippen molar-refractivity contribution in [2.45, 2.75) is 14.7 Å². The molecule has 0 radical (unpaired) electrons. The van der Waals surface area contributed by atoms with Crippen LogP contribution in [0.15, 0.2) is 102 Å². The summed E-state index contributed by atoms with van der Waals surface area (Å²) in [5, 5.41) is 70.2. The van der Waals surface area contributed by atoms with Crippen molar-refractivity contribution in [2.75, 3.05) is 35.9 Å². The molecule has 0 unspecified atom stereocenters. The summed E-state index contributed by atoms with van der Waals surface area (Å²) in [6, 6.07) is 14.0. The molecule has 0 bridgehead atoms. The third-order valence-electron chi connectivity index (χ3n) is 6.78. The largest absolute Gasteiger partial charge is 1.00 e. The second kappa shape index (κ2) is 30.6. The number of phenolic OH excluding ortho intramolecular Hbond substituents is 1. The van der Waals surface area contributed by atoms with Gasteiger partial charge in [-0.15, -0.1) is 18.9 Å². The Kier molecular flexibility index (Phi) is 30.8. The Hall–Kier alpha value is 0.360. The summed E-state index contributed by atoms with van der Waals surface area (Å²) in [4.78, 5) is -0.462. The molecule has 0 amide bonds. The normalized spacial score (nSPS) is 11.8. The molecule has 4 aromatic rings. The number of hydrogen-bond acceptors (Lipinski definition) is 27. The summed E-state index contributed by atoms with van der Waals surface area (Å²) in [5.74, 6) is -2.71. The van der Waals surface area contributed by atoms with Crippen molar-refractivity contribution in [3.63, 3.8) is 0 Å². The van der Waals surface area contributed by atoms with Gasteiger partial charge in [0.1, 0.15) is 27.4 Å². The van der Waals surface area contributed by atoms with E-state index < -0.39 is 52.9 Å². The molecule has 0 fully saturated rings. The Balaban J connectivity index is 0.00000900. The number of nitrogens with zero attached hydrogens (tertiary/aromatic N) is 4. The maximum atomic E-state index is 12.8. The van der Waals surface area contributed by atoms with Gasteiger partial charge < -0.3 is 30.7 Å². The number of benzene rings is 4. The third-order valence-corrected chi connectivity index (χ3v) is 12.0. The monoisotopic (exact) mass is 1000 g/mol. The predicted molar refractivity (Wildman–Crippen MR) is 189 cm³/mol. The van der Waals surface area contributed by atoms with E-state index in [4.69, 9.17) is 8.37 Å². The SMILES string of the molecule is O=S(=O)([O-])CNc1ccc2c(O)c(N=Nc3cccc(S(=O)(=O)CCOSOO[O-])c3)c(SOO[O-])cc2c1N=Nc1ccc(S(=O)(=O)CCOSOO[O-])cc1.[Na+].[Na+].[Na+].[Na+]. The van der Waals surface area contributed by atoms with E-state index in [1.54, 1.807) is 0 Å². The number of aromatic hydroxyl groups is 1. The van der Waals surface area contributed by atoms with Gasteiger partial charge >= 0.3 is 118 Å². The molecule has 2 N–H and O–H groups in total. The van der Waals surface area contributed by atoms with Crippen LogP contribution in [0.1, 0.15) is 0 Å². The molecule has 0 aliphatic carbocycles. The molecule has 0 atom stereocenters. The van der Waals surface area contributed by atoms with Crippen LogP contribution < -0.4 is 139 Å². The smallest absolute Gasteiger partial charge is 0.747 e. The quantitative estimate of drug-likeness (QED) is 0.0125. The zero-order chi connectivity index (χ0) is 41.5. The van der Waals surface area contributed by atoms with E-state index in [-0.39, 0.29) is 222 Å². The summed E-state index contributed by atoms with van der Waals surface area (Å²) >= 11 is 0.542. The van der Waals surface area contributed by atoms with Crippen molar-refractivity contribution in [3.8, 4) is 5.75 Å². The van der Waals surface area contributed by atoms with Crippen LogP contribution in [-0.2, 0) is 66.3 Å². The molecule has 310 valence electrons. The Morgan fingerprint density at radius 2 is 1.18 bits per heavy atom. The molecule has 4 aromatic carbocycles. The molecule has 4 rings (SSSR count). The fourth-order valence-electron chi connectivity index (χ4n) is 4.36. The summed E-state index contributed by atoms with van der Waals surface area (Å²) in [7, 11) is -12.6. The van der Waals surface area contributed by atoms with Gasteiger partial charge in [0.2, 0.25) is 0 Å².